The number of benzene rings is 1. The number of halogens is 1. The lowest BCUT2D eigenvalue weighted by atomic mass is 10.2. The van der Waals surface area contributed by atoms with Gasteiger partial charge in [-0.15, -0.1) is 0 Å². The first kappa shape index (κ1) is 13.4. The molecular formula is C14H11ClN4O2. The van der Waals surface area contributed by atoms with Crippen LogP contribution in [0.15, 0.2) is 42.7 Å². The molecule has 0 radical (unpaired) electrons. The third-order valence-electron chi connectivity index (χ3n) is 2.95. The van der Waals surface area contributed by atoms with E-state index in [9.17, 15) is 4.79 Å². The first-order valence-corrected chi connectivity index (χ1v) is 6.51. The second-order valence-corrected chi connectivity index (χ2v) is 4.62. The lowest BCUT2D eigenvalue weighted by molar-refractivity contribution is 0.101. The van der Waals surface area contributed by atoms with Crippen LogP contribution in [0.1, 0.15) is 10.5 Å². The van der Waals surface area contributed by atoms with Crippen molar-refractivity contribution in [1.82, 2.24) is 14.6 Å². The van der Waals surface area contributed by atoms with Crippen molar-refractivity contribution in [3.63, 3.8) is 0 Å². The molecule has 0 fully saturated rings. The Hall–Kier alpha value is -2.60. The number of nitrogens with one attached hydrogen (secondary N) is 1. The second kappa shape index (κ2) is 5.41. The number of fused-ring (bicyclic) bond motifs is 1. The molecule has 0 unspecified atom stereocenters. The van der Waals surface area contributed by atoms with E-state index < -0.39 is 0 Å². The average Bonchev–Trinajstić information content (AvgIpc) is 2.95. The third kappa shape index (κ3) is 2.41. The van der Waals surface area contributed by atoms with Gasteiger partial charge in [0.25, 0.3) is 5.91 Å². The van der Waals surface area contributed by atoms with Crippen LogP contribution in [0.4, 0.5) is 5.69 Å². The van der Waals surface area contributed by atoms with Gasteiger partial charge in [0.2, 0.25) is 0 Å². The molecule has 2 heterocycles. The molecule has 1 aromatic carbocycles. The van der Waals surface area contributed by atoms with E-state index in [2.05, 4.69) is 15.4 Å². The average molecular weight is 303 g/mol. The zero-order chi connectivity index (χ0) is 14.8. The second-order valence-electron chi connectivity index (χ2n) is 4.22. The van der Waals surface area contributed by atoms with Gasteiger partial charge in [0.15, 0.2) is 11.4 Å². The van der Waals surface area contributed by atoms with Crippen LogP contribution in [0, 0.1) is 0 Å². The Balaban J connectivity index is 1.97. The normalized spacial score (nSPS) is 10.6. The Morgan fingerprint density at radius 3 is 2.90 bits per heavy atom. The highest BCUT2D eigenvalue weighted by Crippen LogP contribution is 2.32. The number of aromatic nitrogens is 3. The molecule has 0 aliphatic heterocycles. The Bertz CT molecular complexity index is 816. The van der Waals surface area contributed by atoms with Crippen LogP contribution in [0.2, 0.25) is 5.02 Å². The number of pyridine rings is 1. The van der Waals surface area contributed by atoms with E-state index in [4.69, 9.17) is 16.3 Å². The summed E-state index contributed by atoms with van der Waals surface area (Å²) in [4.78, 5) is 16.4. The van der Waals surface area contributed by atoms with Crippen LogP contribution in [-0.4, -0.2) is 27.6 Å². The van der Waals surface area contributed by atoms with Crippen LogP contribution in [-0.2, 0) is 0 Å². The Morgan fingerprint density at radius 1 is 1.29 bits per heavy atom. The molecular weight excluding hydrogens is 292 g/mol. The van der Waals surface area contributed by atoms with Crippen molar-refractivity contribution in [2.45, 2.75) is 0 Å². The fourth-order valence-corrected chi connectivity index (χ4v) is 2.27. The summed E-state index contributed by atoms with van der Waals surface area (Å²) in [6, 6.07) is 10.3. The maximum absolute atomic E-state index is 12.4. The molecule has 0 saturated heterocycles. The topological polar surface area (TPSA) is 68.5 Å². The largest absolute Gasteiger partial charge is 0.493 e. The number of carbonyl (C=O) groups excluding carboxylic acids is 1. The van der Waals surface area contributed by atoms with E-state index >= 15 is 0 Å². The number of carbonyl (C=O) groups is 1. The highest BCUT2D eigenvalue weighted by molar-refractivity contribution is 6.32. The molecule has 0 saturated carbocycles. The van der Waals surface area contributed by atoms with Gasteiger partial charge in [-0.05, 0) is 24.3 Å². The number of methoxy groups -OCH3 is 1. The lowest BCUT2D eigenvalue weighted by Gasteiger charge is -2.11. The van der Waals surface area contributed by atoms with Crippen molar-refractivity contribution in [3.8, 4) is 5.75 Å². The summed E-state index contributed by atoms with van der Waals surface area (Å²) >= 11 is 6.03. The predicted octanol–water partition coefficient (Wildman–Crippen LogP) is 2.64. The molecule has 0 aliphatic rings. The lowest BCUT2D eigenvalue weighted by Crippen LogP contribution is -2.16. The quantitative estimate of drug-likeness (QED) is 0.807. The summed E-state index contributed by atoms with van der Waals surface area (Å²) in [5, 5.41) is 7.22. The molecule has 106 valence electrons. The maximum Gasteiger partial charge on any atom is 0.274 e. The van der Waals surface area contributed by atoms with Crippen molar-refractivity contribution in [2.75, 3.05) is 12.4 Å². The Kier molecular flexibility index (Phi) is 3.45. The van der Waals surface area contributed by atoms with E-state index in [1.54, 1.807) is 36.4 Å². The number of rotatable bonds is 3. The van der Waals surface area contributed by atoms with Crippen molar-refractivity contribution in [1.29, 1.82) is 0 Å². The zero-order valence-corrected chi connectivity index (χ0v) is 11.8. The van der Waals surface area contributed by atoms with Gasteiger partial charge in [-0.3, -0.25) is 4.79 Å². The number of para-hydroxylation sites is 1. The minimum absolute atomic E-state index is 0.327. The fourth-order valence-electron chi connectivity index (χ4n) is 2.02. The number of nitrogens with zero attached hydrogens (tertiary/aromatic N) is 3. The smallest absolute Gasteiger partial charge is 0.274 e. The van der Waals surface area contributed by atoms with Crippen molar-refractivity contribution in [2.24, 2.45) is 0 Å². The summed E-state index contributed by atoms with van der Waals surface area (Å²) < 4.78 is 6.67. The number of ether oxygens (including phenoxy) is 1. The summed E-state index contributed by atoms with van der Waals surface area (Å²) in [6.45, 7) is 0. The monoisotopic (exact) mass is 302 g/mol. The van der Waals surface area contributed by atoms with Crippen molar-refractivity contribution in [3.05, 3.63) is 53.4 Å². The molecule has 7 heteroatoms. The third-order valence-corrected chi connectivity index (χ3v) is 3.25. The van der Waals surface area contributed by atoms with Gasteiger partial charge in [-0.25, -0.2) is 9.50 Å². The molecule has 2 aromatic heterocycles. The Labute approximate surface area is 125 Å². The number of hydrogen-bond acceptors (Lipinski definition) is 4. The van der Waals surface area contributed by atoms with E-state index in [0.29, 0.717) is 27.8 Å². The van der Waals surface area contributed by atoms with Crippen LogP contribution < -0.4 is 10.1 Å². The molecule has 0 aliphatic carbocycles. The van der Waals surface area contributed by atoms with Gasteiger partial charge in [0.1, 0.15) is 12.0 Å². The van der Waals surface area contributed by atoms with Crippen LogP contribution in [0.5, 0.6) is 5.75 Å². The molecule has 0 spiro atoms. The summed E-state index contributed by atoms with van der Waals surface area (Å²) in [6.07, 6.45) is 1.39. The molecule has 0 atom stereocenters. The number of anilines is 1. The van der Waals surface area contributed by atoms with E-state index in [1.165, 1.54) is 18.0 Å². The Morgan fingerprint density at radius 2 is 2.10 bits per heavy atom. The molecule has 0 bridgehead atoms. The molecule has 6 nitrogen and oxygen atoms in total. The summed E-state index contributed by atoms with van der Waals surface area (Å²) in [7, 11) is 1.50. The van der Waals surface area contributed by atoms with E-state index in [0.717, 1.165) is 0 Å². The number of amides is 1. The van der Waals surface area contributed by atoms with Gasteiger partial charge >= 0.3 is 0 Å². The van der Waals surface area contributed by atoms with E-state index in [-0.39, 0.29) is 5.91 Å². The summed E-state index contributed by atoms with van der Waals surface area (Å²) in [5.41, 5.74) is 1.46. The minimum Gasteiger partial charge on any atom is -0.493 e. The SMILES string of the molecule is COc1c(Cl)cccc1NC(=O)c1cccc2ncnn12. The van der Waals surface area contributed by atoms with Crippen LogP contribution >= 0.6 is 11.6 Å². The molecule has 1 N–H and O–H groups in total. The van der Waals surface area contributed by atoms with Crippen LogP contribution in [0.3, 0.4) is 0 Å². The van der Waals surface area contributed by atoms with Gasteiger partial charge in [0, 0.05) is 0 Å². The fraction of sp³-hybridized carbons (Fsp3) is 0.0714. The van der Waals surface area contributed by atoms with Crippen molar-refractivity contribution >= 4 is 28.8 Å². The van der Waals surface area contributed by atoms with Gasteiger partial charge in [-0.1, -0.05) is 23.7 Å². The summed E-state index contributed by atoms with van der Waals surface area (Å²) in [5.74, 6) is 0.0879. The van der Waals surface area contributed by atoms with Crippen molar-refractivity contribution < 1.29 is 9.53 Å². The molecule has 1 amide bonds. The molecule has 3 aromatic rings. The maximum atomic E-state index is 12.4. The van der Waals surface area contributed by atoms with Crippen LogP contribution in [0.25, 0.3) is 5.65 Å². The standard InChI is InChI=1S/C14H11ClN4O2/c1-21-13-9(15)4-2-5-10(13)18-14(20)11-6-3-7-12-16-8-17-19(11)12/h2-8H,1H3,(H,18,20). The zero-order valence-electron chi connectivity index (χ0n) is 11.1. The van der Waals surface area contributed by atoms with E-state index in [1.807, 2.05) is 0 Å². The van der Waals surface area contributed by atoms with Gasteiger partial charge in [0.05, 0.1) is 17.8 Å². The number of hydrogen-bond donors (Lipinski definition) is 1. The first-order valence-electron chi connectivity index (χ1n) is 6.13. The highest BCUT2D eigenvalue weighted by atomic mass is 35.5. The minimum atomic E-state index is -0.327. The van der Waals surface area contributed by atoms with Gasteiger partial charge in [-0.2, -0.15) is 5.10 Å². The first-order chi connectivity index (χ1) is 10.2. The highest BCUT2D eigenvalue weighted by Gasteiger charge is 2.15. The van der Waals surface area contributed by atoms with Gasteiger partial charge < -0.3 is 10.1 Å². The predicted molar refractivity (Wildman–Crippen MR) is 78.9 cm³/mol. The molecule has 21 heavy (non-hydrogen) atoms. The molecule has 3 rings (SSSR count).